The lowest BCUT2D eigenvalue weighted by Gasteiger charge is -2.38. The third kappa shape index (κ3) is 4.86. The van der Waals surface area contributed by atoms with Gasteiger partial charge in [0.05, 0.1) is 12.0 Å². The number of carbonyl (C=O) groups is 2. The topological polar surface area (TPSA) is 55.8 Å². The van der Waals surface area contributed by atoms with E-state index in [9.17, 15) is 22.8 Å². The summed E-state index contributed by atoms with van der Waals surface area (Å²) in [5.41, 5.74) is -0.687. The first-order valence-electron chi connectivity index (χ1n) is 7.46. The molecule has 0 amide bonds. The van der Waals surface area contributed by atoms with Crippen LogP contribution in [0, 0.1) is 5.41 Å². The zero-order valence-electron chi connectivity index (χ0n) is 12.9. The summed E-state index contributed by atoms with van der Waals surface area (Å²) in [7, 11) is 0. The minimum atomic E-state index is -5.02. The Hall–Kier alpha value is -1.31. The lowest BCUT2D eigenvalue weighted by atomic mass is 9.75. The van der Waals surface area contributed by atoms with Crippen molar-refractivity contribution in [2.75, 3.05) is 19.7 Å². The maximum absolute atomic E-state index is 12.2. The molecule has 1 rings (SSSR count). The highest BCUT2D eigenvalue weighted by Gasteiger charge is 2.46. The Morgan fingerprint density at radius 3 is 2.23 bits per heavy atom. The number of halogens is 3. The van der Waals surface area contributed by atoms with E-state index in [0.29, 0.717) is 19.3 Å². The number of unbranched alkanes of at least 4 members (excludes halogenated alkanes) is 1. The molecule has 0 spiro atoms. The van der Waals surface area contributed by atoms with Gasteiger partial charge in [-0.1, -0.05) is 19.8 Å². The molecule has 22 heavy (non-hydrogen) atoms. The first-order chi connectivity index (χ1) is 10.2. The second kappa shape index (κ2) is 7.80. The van der Waals surface area contributed by atoms with Crippen molar-refractivity contribution in [3.63, 3.8) is 0 Å². The fourth-order valence-electron chi connectivity index (χ4n) is 2.53. The van der Waals surface area contributed by atoms with Gasteiger partial charge < -0.3 is 9.57 Å². The Kier molecular flexibility index (Phi) is 6.65. The van der Waals surface area contributed by atoms with Crippen molar-refractivity contribution in [1.29, 1.82) is 0 Å². The van der Waals surface area contributed by atoms with E-state index in [1.54, 1.807) is 6.92 Å². The number of hydrogen-bond acceptors (Lipinski definition) is 5. The summed E-state index contributed by atoms with van der Waals surface area (Å²) in [5, 5.41) is 0.971. The second-order valence-corrected chi connectivity index (χ2v) is 5.41. The molecule has 0 unspecified atom stereocenters. The van der Waals surface area contributed by atoms with Gasteiger partial charge in [0.25, 0.3) is 0 Å². The standard InChI is InChI=1S/C14H22F3NO4/c1-3-5-6-13(11(19)21-4-2)7-9-18(10-8-13)22-12(20)14(15,16)17/h3-10H2,1-2H3. The molecule has 1 fully saturated rings. The number of nitrogens with zero attached hydrogens (tertiary/aromatic N) is 1. The van der Waals surface area contributed by atoms with Gasteiger partial charge in [0, 0.05) is 13.1 Å². The summed E-state index contributed by atoms with van der Waals surface area (Å²) in [4.78, 5) is 27.3. The van der Waals surface area contributed by atoms with Crippen LogP contribution in [-0.2, 0) is 19.2 Å². The van der Waals surface area contributed by atoms with Gasteiger partial charge in [0.2, 0.25) is 0 Å². The molecule has 128 valence electrons. The first kappa shape index (κ1) is 18.7. The van der Waals surface area contributed by atoms with Crippen LogP contribution in [0.2, 0.25) is 0 Å². The maximum Gasteiger partial charge on any atom is 0.492 e. The van der Waals surface area contributed by atoms with Gasteiger partial charge in [-0.2, -0.15) is 13.2 Å². The van der Waals surface area contributed by atoms with Gasteiger partial charge in [-0.15, -0.1) is 5.06 Å². The van der Waals surface area contributed by atoms with Gasteiger partial charge in [-0.25, -0.2) is 4.79 Å². The molecule has 0 N–H and O–H groups in total. The van der Waals surface area contributed by atoms with E-state index in [0.717, 1.165) is 17.9 Å². The highest BCUT2D eigenvalue weighted by molar-refractivity contribution is 5.77. The molecule has 1 saturated heterocycles. The molecule has 0 atom stereocenters. The number of esters is 1. The monoisotopic (exact) mass is 325 g/mol. The molecule has 0 aliphatic carbocycles. The van der Waals surface area contributed by atoms with E-state index in [-0.39, 0.29) is 25.7 Å². The molecular weight excluding hydrogens is 303 g/mol. The zero-order valence-corrected chi connectivity index (χ0v) is 12.9. The summed E-state index contributed by atoms with van der Waals surface area (Å²) in [6.07, 6.45) is -2.01. The van der Waals surface area contributed by atoms with E-state index in [2.05, 4.69) is 4.84 Å². The van der Waals surface area contributed by atoms with Crippen LogP contribution in [0.4, 0.5) is 13.2 Å². The predicted molar refractivity (Wildman–Crippen MR) is 71.5 cm³/mol. The minimum absolute atomic E-state index is 0.0876. The molecule has 0 radical (unpaired) electrons. The summed E-state index contributed by atoms with van der Waals surface area (Å²) < 4.78 is 41.6. The fourth-order valence-corrected chi connectivity index (χ4v) is 2.53. The van der Waals surface area contributed by atoms with Crippen molar-refractivity contribution in [3.05, 3.63) is 0 Å². The molecular formula is C14H22F3NO4. The smallest absolute Gasteiger partial charge is 0.466 e. The highest BCUT2D eigenvalue weighted by Crippen LogP contribution is 2.38. The van der Waals surface area contributed by atoms with Crippen LogP contribution >= 0.6 is 0 Å². The third-order valence-electron chi connectivity index (χ3n) is 3.84. The van der Waals surface area contributed by atoms with Crippen molar-refractivity contribution in [2.24, 2.45) is 5.41 Å². The van der Waals surface area contributed by atoms with Gasteiger partial charge in [0.15, 0.2) is 0 Å². The number of piperidine rings is 1. The molecule has 5 nitrogen and oxygen atoms in total. The Labute approximate surface area is 127 Å². The summed E-state index contributed by atoms with van der Waals surface area (Å²) >= 11 is 0. The van der Waals surface area contributed by atoms with Gasteiger partial charge in [-0.3, -0.25) is 4.79 Å². The SMILES string of the molecule is CCCCC1(C(=O)OCC)CCN(OC(=O)C(F)(F)F)CC1. The average molecular weight is 325 g/mol. The van der Waals surface area contributed by atoms with Crippen molar-refractivity contribution in [2.45, 2.75) is 52.1 Å². The Morgan fingerprint density at radius 1 is 1.18 bits per heavy atom. The predicted octanol–water partition coefficient (Wildman–Crippen LogP) is 2.84. The number of alkyl halides is 3. The largest absolute Gasteiger partial charge is 0.492 e. The van der Waals surface area contributed by atoms with Crippen LogP contribution in [-0.4, -0.2) is 42.9 Å². The van der Waals surface area contributed by atoms with Crippen LogP contribution in [0.1, 0.15) is 46.0 Å². The highest BCUT2D eigenvalue weighted by atomic mass is 19.4. The molecule has 8 heteroatoms. The number of hydrogen-bond donors (Lipinski definition) is 0. The van der Waals surface area contributed by atoms with Crippen molar-refractivity contribution >= 4 is 11.9 Å². The van der Waals surface area contributed by atoms with Gasteiger partial charge in [0.1, 0.15) is 0 Å². The lowest BCUT2D eigenvalue weighted by Crippen LogP contribution is -2.47. The van der Waals surface area contributed by atoms with E-state index in [4.69, 9.17) is 4.74 Å². The van der Waals surface area contributed by atoms with Crippen LogP contribution < -0.4 is 0 Å². The second-order valence-electron chi connectivity index (χ2n) is 5.41. The van der Waals surface area contributed by atoms with Crippen molar-refractivity contribution in [3.8, 4) is 0 Å². The zero-order chi connectivity index (χ0) is 16.8. The normalized spacial score (nSPS) is 18.8. The van der Waals surface area contributed by atoms with Crippen LogP contribution in [0.3, 0.4) is 0 Å². The van der Waals surface area contributed by atoms with Crippen LogP contribution in [0.5, 0.6) is 0 Å². The van der Waals surface area contributed by atoms with Crippen LogP contribution in [0.15, 0.2) is 0 Å². The Balaban J connectivity index is 2.64. The quantitative estimate of drug-likeness (QED) is 0.703. The first-order valence-corrected chi connectivity index (χ1v) is 7.46. The number of carbonyl (C=O) groups excluding carboxylic acids is 2. The van der Waals surface area contributed by atoms with E-state index in [1.165, 1.54) is 0 Å². The van der Waals surface area contributed by atoms with Gasteiger partial charge >= 0.3 is 18.1 Å². The molecule has 1 heterocycles. The van der Waals surface area contributed by atoms with E-state index in [1.807, 2.05) is 6.92 Å². The Bertz CT molecular complexity index is 390. The minimum Gasteiger partial charge on any atom is -0.466 e. The molecule has 0 bridgehead atoms. The Morgan fingerprint density at radius 2 is 1.77 bits per heavy atom. The van der Waals surface area contributed by atoms with Crippen molar-refractivity contribution < 1.29 is 32.3 Å². The summed E-state index contributed by atoms with van der Waals surface area (Å²) in [6, 6.07) is 0. The lowest BCUT2D eigenvalue weighted by molar-refractivity contribution is -0.245. The molecule has 0 aromatic heterocycles. The van der Waals surface area contributed by atoms with Gasteiger partial charge in [-0.05, 0) is 26.2 Å². The number of hydroxylamine groups is 2. The van der Waals surface area contributed by atoms with E-state index < -0.39 is 17.6 Å². The van der Waals surface area contributed by atoms with Crippen LogP contribution in [0.25, 0.3) is 0 Å². The molecule has 0 aromatic carbocycles. The summed E-state index contributed by atoms with van der Waals surface area (Å²) in [5.74, 6) is -2.55. The molecule has 0 saturated carbocycles. The third-order valence-corrected chi connectivity index (χ3v) is 3.84. The molecule has 0 aromatic rings. The fraction of sp³-hybridized carbons (Fsp3) is 0.857. The maximum atomic E-state index is 12.2. The average Bonchev–Trinajstić information content (AvgIpc) is 2.46. The molecule has 1 aliphatic heterocycles. The number of rotatable bonds is 6. The molecule has 1 aliphatic rings. The van der Waals surface area contributed by atoms with E-state index >= 15 is 0 Å². The number of ether oxygens (including phenoxy) is 1. The van der Waals surface area contributed by atoms with Crippen molar-refractivity contribution in [1.82, 2.24) is 5.06 Å². The summed E-state index contributed by atoms with van der Waals surface area (Å²) in [6.45, 7) is 4.15.